The highest BCUT2D eigenvalue weighted by Gasteiger charge is 2.23. The zero-order valence-electron chi connectivity index (χ0n) is 8.38. The zero-order valence-corrected chi connectivity index (χ0v) is 9.96. The summed E-state index contributed by atoms with van der Waals surface area (Å²) in [7, 11) is -3.75. The summed E-state index contributed by atoms with van der Waals surface area (Å²) in [4.78, 5) is 0. The Labute approximate surface area is 98.3 Å². The van der Waals surface area contributed by atoms with E-state index in [1.54, 1.807) is 13.0 Å². The smallest absolute Gasteiger partial charge is 0.250 e. The van der Waals surface area contributed by atoms with Gasteiger partial charge in [-0.1, -0.05) is 18.5 Å². The van der Waals surface area contributed by atoms with Gasteiger partial charge in [0.1, 0.15) is 0 Å². The molecule has 0 aliphatic carbocycles. The Hall–Kier alpha value is -1.39. The number of hydrogen-bond donors (Lipinski definition) is 1. The van der Waals surface area contributed by atoms with Gasteiger partial charge in [-0.05, 0) is 18.6 Å². The van der Waals surface area contributed by atoms with E-state index < -0.39 is 15.3 Å². The highest BCUT2D eigenvalue weighted by Crippen LogP contribution is 2.11. The van der Waals surface area contributed by atoms with Gasteiger partial charge in [0.05, 0.1) is 6.07 Å². The first kappa shape index (κ1) is 12.7. The van der Waals surface area contributed by atoms with Crippen LogP contribution in [0.15, 0.2) is 12.1 Å². The third kappa shape index (κ3) is 3.05. The molecule has 1 heterocycles. The standard InChI is InChI=1S/C8H9ClN4O2S/c1-2-6(5-10)16(14,15)13-8-4-3-7(9)11-12-8/h3-4,6H,2H2,1H3,(H,12,13). The Morgan fingerprint density at radius 3 is 2.69 bits per heavy atom. The summed E-state index contributed by atoms with van der Waals surface area (Å²) in [5.41, 5.74) is 0. The lowest BCUT2D eigenvalue weighted by Crippen LogP contribution is -2.26. The minimum absolute atomic E-state index is 0.0399. The minimum atomic E-state index is -3.75. The van der Waals surface area contributed by atoms with Crippen LogP contribution in [0, 0.1) is 11.3 Å². The zero-order chi connectivity index (χ0) is 12.2. The van der Waals surface area contributed by atoms with Crippen molar-refractivity contribution in [2.75, 3.05) is 4.72 Å². The molecule has 86 valence electrons. The van der Waals surface area contributed by atoms with E-state index in [-0.39, 0.29) is 17.4 Å². The molecule has 1 rings (SSSR count). The lowest BCUT2D eigenvalue weighted by atomic mass is 10.4. The molecule has 16 heavy (non-hydrogen) atoms. The third-order valence-corrected chi connectivity index (χ3v) is 3.65. The van der Waals surface area contributed by atoms with E-state index in [9.17, 15) is 8.42 Å². The highest BCUT2D eigenvalue weighted by atomic mass is 35.5. The normalized spacial score (nSPS) is 12.8. The van der Waals surface area contributed by atoms with Crippen molar-refractivity contribution in [3.05, 3.63) is 17.3 Å². The fourth-order valence-corrected chi connectivity index (χ4v) is 2.19. The molecule has 6 nitrogen and oxygen atoms in total. The van der Waals surface area contributed by atoms with Gasteiger partial charge in [0.2, 0.25) is 10.0 Å². The lowest BCUT2D eigenvalue weighted by Gasteiger charge is -2.09. The number of nitrogens with one attached hydrogen (secondary N) is 1. The van der Waals surface area contributed by atoms with E-state index in [1.165, 1.54) is 12.1 Å². The number of nitrogens with zero attached hydrogens (tertiary/aromatic N) is 3. The summed E-state index contributed by atoms with van der Waals surface area (Å²) < 4.78 is 25.4. The Kier molecular flexibility index (Phi) is 4.04. The van der Waals surface area contributed by atoms with Gasteiger partial charge in [0.15, 0.2) is 16.2 Å². The lowest BCUT2D eigenvalue weighted by molar-refractivity contribution is 0.592. The number of rotatable bonds is 4. The first-order chi connectivity index (χ1) is 7.49. The third-order valence-electron chi connectivity index (χ3n) is 1.77. The maximum Gasteiger partial charge on any atom is 0.250 e. The molecule has 1 aromatic heterocycles. The summed E-state index contributed by atoms with van der Waals surface area (Å²) in [6.45, 7) is 1.61. The first-order valence-electron chi connectivity index (χ1n) is 4.40. The number of nitriles is 1. The van der Waals surface area contributed by atoms with Crippen molar-refractivity contribution in [2.45, 2.75) is 18.6 Å². The van der Waals surface area contributed by atoms with Gasteiger partial charge in [0, 0.05) is 0 Å². The molecule has 0 saturated heterocycles. The van der Waals surface area contributed by atoms with Crippen molar-refractivity contribution in [1.82, 2.24) is 10.2 Å². The molecule has 1 aromatic rings. The summed E-state index contributed by atoms with van der Waals surface area (Å²) in [5, 5.41) is 14.7. The molecule has 0 aromatic carbocycles. The molecule has 0 spiro atoms. The molecule has 0 bridgehead atoms. The predicted octanol–water partition coefficient (Wildman–Crippen LogP) is 1.17. The van der Waals surface area contributed by atoms with Crippen LogP contribution in [0.25, 0.3) is 0 Å². The number of anilines is 1. The number of aromatic nitrogens is 2. The second kappa shape index (κ2) is 5.09. The van der Waals surface area contributed by atoms with Crippen LogP contribution in [0.3, 0.4) is 0 Å². The van der Waals surface area contributed by atoms with Crippen molar-refractivity contribution in [2.24, 2.45) is 0 Å². The van der Waals surface area contributed by atoms with Crippen molar-refractivity contribution in [1.29, 1.82) is 5.26 Å². The van der Waals surface area contributed by atoms with Crippen LogP contribution < -0.4 is 4.72 Å². The van der Waals surface area contributed by atoms with E-state index >= 15 is 0 Å². The van der Waals surface area contributed by atoms with E-state index in [2.05, 4.69) is 14.9 Å². The van der Waals surface area contributed by atoms with Crippen LogP contribution in [0.4, 0.5) is 5.82 Å². The molecule has 0 aliphatic rings. The van der Waals surface area contributed by atoms with E-state index in [0.29, 0.717) is 0 Å². The van der Waals surface area contributed by atoms with Gasteiger partial charge < -0.3 is 0 Å². The Bertz CT molecular complexity index is 494. The van der Waals surface area contributed by atoms with E-state index in [4.69, 9.17) is 16.9 Å². The Morgan fingerprint density at radius 1 is 1.56 bits per heavy atom. The highest BCUT2D eigenvalue weighted by molar-refractivity contribution is 7.93. The SMILES string of the molecule is CCC(C#N)S(=O)(=O)Nc1ccc(Cl)nn1. The number of sulfonamides is 1. The van der Waals surface area contributed by atoms with Crippen LogP contribution in [0.5, 0.6) is 0 Å². The van der Waals surface area contributed by atoms with Crippen LogP contribution >= 0.6 is 11.6 Å². The van der Waals surface area contributed by atoms with Gasteiger partial charge >= 0.3 is 0 Å². The Morgan fingerprint density at radius 2 is 2.25 bits per heavy atom. The van der Waals surface area contributed by atoms with Crippen LogP contribution in [-0.4, -0.2) is 23.9 Å². The van der Waals surface area contributed by atoms with Gasteiger partial charge in [-0.25, -0.2) is 8.42 Å². The van der Waals surface area contributed by atoms with E-state index in [1.807, 2.05) is 0 Å². The molecular formula is C8H9ClN4O2S. The first-order valence-corrected chi connectivity index (χ1v) is 6.32. The van der Waals surface area contributed by atoms with Crippen molar-refractivity contribution in [3.8, 4) is 6.07 Å². The van der Waals surface area contributed by atoms with Crippen LogP contribution in [0.1, 0.15) is 13.3 Å². The van der Waals surface area contributed by atoms with Gasteiger partial charge in [-0.15, -0.1) is 10.2 Å². The summed E-state index contributed by atoms with van der Waals surface area (Å²) >= 11 is 5.50. The van der Waals surface area contributed by atoms with Gasteiger partial charge in [-0.2, -0.15) is 5.26 Å². The molecule has 1 N–H and O–H groups in total. The molecular weight excluding hydrogens is 252 g/mol. The molecule has 0 radical (unpaired) electrons. The summed E-state index contributed by atoms with van der Waals surface area (Å²) in [5.74, 6) is 0.0399. The monoisotopic (exact) mass is 260 g/mol. The molecule has 8 heteroatoms. The van der Waals surface area contributed by atoms with Crippen molar-refractivity contribution in [3.63, 3.8) is 0 Å². The second-order valence-corrected chi connectivity index (χ2v) is 5.16. The summed E-state index contributed by atoms with van der Waals surface area (Å²) in [6, 6.07) is 4.47. The number of halogens is 1. The minimum Gasteiger partial charge on any atom is -0.265 e. The second-order valence-electron chi connectivity index (χ2n) is 2.91. The maximum atomic E-state index is 11.6. The van der Waals surface area contributed by atoms with Gasteiger partial charge in [0.25, 0.3) is 0 Å². The average molecular weight is 261 g/mol. The van der Waals surface area contributed by atoms with Crippen molar-refractivity contribution >= 4 is 27.4 Å². The summed E-state index contributed by atoms with van der Waals surface area (Å²) in [6.07, 6.45) is 0.201. The van der Waals surface area contributed by atoms with Crippen LogP contribution in [0.2, 0.25) is 5.15 Å². The Balaban J connectivity index is 2.89. The molecule has 0 aliphatic heterocycles. The quantitative estimate of drug-likeness (QED) is 0.877. The molecule has 0 fully saturated rings. The average Bonchev–Trinajstić information content (AvgIpc) is 2.22. The number of hydrogen-bond acceptors (Lipinski definition) is 5. The van der Waals surface area contributed by atoms with E-state index in [0.717, 1.165) is 0 Å². The molecule has 0 saturated carbocycles. The maximum absolute atomic E-state index is 11.6. The predicted molar refractivity (Wildman–Crippen MR) is 59.3 cm³/mol. The topological polar surface area (TPSA) is 95.7 Å². The molecule has 0 amide bonds. The fraction of sp³-hybridized carbons (Fsp3) is 0.375. The van der Waals surface area contributed by atoms with Gasteiger partial charge in [-0.3, -0.25) is 4.72 Å². The van der Waals surface area contributed by atoms with Crippen LogP contribution in [-0.2, 0) is 10.0 Å². The largest absolute Gasteiger partial charge is 0.265 e. The fourth-order valence-electron chi connectivity index (χ4n) is 0.967. The molecule has 1 unspecified atom stereocenters. The van der Waals surface area contributed by atoms with Crippen molar-refractivity contribution < 1.29 is 8.42 Å². The molecule has 1 atom stereocenters.